The van der Waals surface area contributed by atoms with E-state index in [4.69, 9.17) is 4.74 Å². The summed E-state index contributed by atoms with van der Waals surface area (Å²) >= 11 is 0. The molecular formula is C20H30N4O. The quantitative estimate of drug-likeness (QED) is 0.775. The van der Waals surface area contributed by atoms with E-state index in [9.17, 15) is 0 Å². The normalized spacial score (nSPS) is 16.7. The average molecular weight is 342 g/mol. The Morgan fingerprint density at radius 1 is 1.04 bits per heavy atom. The summed E-state index contributed by atoms with van der Waals surface area (Å²) in [5, 5.41) is 4.27. The molecule has 1 fully saturated rings. The Hall–Kier alpha value is -1.85. The molecule has 0 saturated carbocycles. The van der Waals surface area contributed by atoms with Crippen LogP contribution in [0.4, 0.5) is 0 Å². The van der Waals surface area contributed by atoms with Gasteiger partial charge in [0.1, 0.15) is 5.75 Å². The molecule has 136 valence electrons. The van der Waals surface area contributed by atoms with Gasteiger partial charge in [0.25, 0.3) is 0 Å². The first-order chi connectivity index (χ1) is 12.2. The van der Waals surface area contributed by atoms with Crippen molar-refractivity contribution in [3.63, 3.8) is 0 Å². The molecule has 1 aliphatic rings. The minimum absolute atomic E-state index is 0.788. The lowest BCUT2D eigenvalue weighted by molar-refractivity contribution is 0.246. The zero-order valence-corrected chi connectivity index (χ0v) is 15.5. The monoisotopic (exact) mass is 342 g/mol. The standard InChI is InChI=1S/C20H30N4O/c1-3-12-25-20-7-4-6-18(13-20)16-23-8-5-9-24(11-10-23)17-19-14-21-22(2)15-19/h4,6-7,13-15H,3,5,8-12,16-17H2,1-2H3. The Balaban J connectivity index is 1.51. The molecule has 0 radical (unpaired) electrons. The molecule has 0 aliphatic carbocycles. The van der Waals surface area contributed by atoms with E-state index in [0.717, 1.165) is 58.0 Å². The van der Waals surface area contributed by atoms with Crippen LogP contribution in [0.25, 0.3) is 0 Å². The van der Waals surface area contributed by atoms with E-state index in [0.29, 0.717) is 0 Å². The van der Waals surface area contributed by atoms with E-state index in [1.54, 1.807) is 0 Å². The zero-order valence-electron chi connectivity index (χ0n) is 15.5. The fraction of sp³-hybridized carbons (Fsp3) is 0.550. The fourth-order valence-corrected chi connectivity index (χ4v) is 3.36. The van der Waals surface area contributed by atoms with Crippen molar-refractivity contribution in [2.75, 3.05) is 32.8 Å². The number of hydrogen-bond acceptors (Lipinski definition) is 4. The minimum atomic E-state index is 0.788. The summed E-state index contributed by atoms with van der Waals surface area (Å²) in [4.78, 5) is 5.10. The lowest BCUT2D eigenvalue weighted by atomic mass is 10.2. The van der Waals surface area contributed by atoms with Crippen LogP contribution in [0.2, 0.25) is 0 Å². The molecule has 0 bridgehead atoms. The fourth-order valence-electron chi connectivity index (χ4n) is 3.36. The Labute approximate surface area is 151 Å². The summed E-state index contributed by atoms with van der Waals surface area (Å²) < 4.78 is 7.64. The number of nitrogens with zero attached hydrogens (tertiary/aromatic N) is 4. The summed E-state index contributed by atoms with van der Waals surface area (Å²) in [6.07, 6.45) is 6.35. The van der Waals surface area contributed by atoms with Crippen LogP contribution in [-0.2, 0) is 20.1 Å². The second-order valence-corrected chi connectivity index (χ2v) is 6.92. The topological polar surface area (TPSA) is 33.5 Å². The SMILES string of the molecule is CCCOc1cccc(CN2CCCN(Cc3cnn(C)c3)CC2)c1. The van der Waals surface area contributed by atoms with Gasteiger partial charge in [-0.2, -0.15) is 5.10 Å². The molecule has 1 aliphatic heterocycles. The van der Waals surface area contributed by atoms with Crippen LogP contribution < -0.4 is 4.74 Å². The van der Waals surface area contributed by atoms with Gasteiger partial charge in [0, 0.05) is 45.0 Å². The van der Waals surface area contributed by atoms with E-state index in [1.807, 2.05) is 17.9 Å². The third-order valence-corrected chi connectivity index (χ3v) is 4.62. The number of aromatic nitrogens is 2. The highest BCUT2D eigenvalue weighted by atomic mass is 16.5. The second kappa shape index (κ2) is 9.02. The van der Waals surface area contributed by atoms with Gasteiger partial charge in [0.05, 0.1) is 12.8 Å². The van der Waals surface area contributed by atoms with Crippen molar-refractivity contribution >= 4 is 0 Å². The first kappa shape index (κ1) is 18.0. The van der Waals surface area contributed by atoms with E-state index in [2.05, 4.69) is 52.3 Å². The maximum absolute atomic E-state index is 5.76. The second-order valence-electron chi connectivity index (χ2n) is 6.92. The highest BCUT2D eigenvalue weighted by molar-refractivity contribution is 5.28. The van der Waals surface area contributed by atoms with Crippen LogP contribution >= 0.6 is 0 Å². The molecule has 25 heavy (non-hydrogen) atoms. The van der Waals surface area contributed by atoms with Crippen molar-refractivity contribution in [3.8, 4) is 5.75 Å². The molecule has 0 atom stereocenters. The Bertz CT molecular complexity index is 655. The molecule has 0 amide bonds. The Morgan fingerprint density at radius 3 is 2.48 bits per heavy atom. The lowest BCUT2D eigenvalue weighted by Gasteiger charge is -2.21. The molecule has 0 unspecified atom stereocenters. The number of ether oxygens (including phenoxy) is 1. The van der Waals surface area contributed by atoms with Crippen molar-refractivity contribution < 1.29 is 4.74 Å². The molecule has 2 aromatic rings. The van der Waals surface area contributed by atoms with Crippen molar-refractivity contribution in [3.05, 3.63) is 47.8 Å². The predicted octanol–water partition coefficient (Wildman–Crippen LogP) is 2.92. The van der Waals surface area contributed by atoms with Crippen LogP contribution in [0.1, 0.15) is 30.9 Å². The maximum atomic E-state index is 5.76. The van der Waals surface area contributed by atoms with Crippen molar-refractivity contribution in [2.24, 2.45) is 7.05 Å². The first-order valence-corrected chi connectivity index (χ1v) is 9.37. The van der Waals surface area contributed by atoms with Crippen molar-refractivity contribution in [1.82, 2.24) is 19.6 Å². The van der Waals surface area contributed by atoms with Crippen LogP contribution in [-0.4, -0.2) is 52.4 Å². The lowest BCUT2D eigenvalue weighted by Crippen LogP contribution is -2.30. The van der Waals surface area contributed by atoms with Gasteiger partial charge in [0.15, 0.2) is 0 Å². The molecule has 5 heteroatoms. The highest BCUT2D eigenvalue weighted by Gasteiger charge is 2.16. The minimum Gasteiger partial charge on any atom is -0.494 e. The van der Waals surface area contributed by atoms with E-state index >= 15 is 0 Å². The zero-order chi connectivity index (χ0) is 17.5. The number of hydrogen-bond donors (Lipinski definition) is 0. The summed E-state index contributed by atoms with van der Waals surface area (Å²) in [7, 11) is 1.98. The van der Waals surface area contributed by atoms with Gasteiger partial charge in [-0.1, -0.05) is 19.1 Å². The van der Waals surface area contributed by atoms with E-state index in [1.165, 1.54) is 17.5 Å². The molecule has 2 heterocycles. The van der Waals surface area contributed by atoms with Crippen molar-refractivity contribution in [1.29, 1.82) is 0 Å². The molecule has 5 nitrogen and oxygen atoms in total. The van der Waals surface area contributed by atoms with E-state index < -0.39 is 0 Å². The Morgan fingerprint density at radius 2 is 1.80 bits per heavy atom. The average Bonchev–Trinajstić information content (AvgIpc) is 2.89. The van der Waals surface area contributed by atoms with Crippen molar-refractivity contribution in [2.45, 2.75) is 32.9 Å². The molecule has 1 aromatic heterocycles. The van der Waals surface area contributed by atoms with Gasteiger partial charge in [-0.05, 0) is 43.6 Å². The first-order valence-electron chi connectivity index (χ1n) is 9.37. The molecular weight excluding hydrogens is 312 g/mol. The molecule has 1 aromatic carbocycles. The summed E-state index contributed by atoms with van der Waals surface area (Å²) in [5.41, 5.74) is 2.64. The van der Waals surface area contributed by atoms with Gasteiger partial charge in [-0.15, -0.1) is 0 Å². The molecule has 1 saturated heterocycles. The predicted molar refractivity (Wildman–Crippen MR) is 101 cm³/mol. The summed E-state index contributed by atoms with van der Waals surface area (Å²) in [5.74, 6) is 0.993. The Kier molecular flexibility index (Phi) is 6.48. The highest BCUT2D eigenvalue weighted by Crippen LogP contribution is 2.17. The summed E-state index contributed by atoms with van der Waals surface area (Å²) in [6, 6.07) is 8.55. The summed E-state index contributed by atoms with van der Waals surface area (Å²) in [6.45, 7) is 9.47. The molecule has 0 N–H and O–H groups in total. The molecule has 0 spiro atoms. The smallest absolute Gasteiger partial charge is 0.119 e. The van der Waals surface area contributed by atoms with Gasteiger partial charge < -0.3 is 4.74 Å². The van der Waals surface area contributed by atoms with Crippen LogP contribution in [0, 0.1) is 0 Å². The van der Waals surface area contributed by atoms with Gasteiger partial charge in [0.2, 0.25) is 0 Å². The number of benzene rings is 1. The van der Waals surface area contributed by atoms with Crippen LogP contribution in [0.5, 0.6) is 5.75 Å². The van der Waals surface area contributed by atoms with Crippen LogP contribution in [0.3, 0.4) is 0 Å². The largest absolute Gasteiger partial charge is 0.494 e. The third kappa shape index (κ3) is 5.58. The van der Waals surface area contributed by atoms with Gasteiger partial charge in [-0.3, -0.25) is 14.5 Å². The number of aryl methyl sites for hydroxylation is 1. The number of rotatable bonds is 7. The van der Waals surface area contributed by atoms with Gasteiger partial charge in [-0.25, -0.2) is 0 Å². The third-order valence-electron chi connectivity index (χ3n) is 4.62. The van der Waals surface area contributed by atoms with Gasteiger partial charge >= 0.3 is 0 Å². The molecule has 3 rings (SSSR count). The maximum Gasteiger partial charge on any atom is 0.119 e. The van der Waals surface area contributed by atoms with Crippen LogP contribution in [0.15, 0.2) is 36.7 Å². The van der Waals surface area contributed by atoms with E-state index in [-0.39, 0.29) is 0 Å².